The molecule has 0 spiro atoms. The Labute approximate surface area is 183 Å². The quantitative estimate of drug-likeness (QED) is 0.321. The minimum atomic E-state index is -2.04. The SMILES string of the molecule is CCON(C=O)c1ccc(-c2nc(C(Cl)(Cl)Cl)nc(C(Cl)(Cl)Cl)n2)cc1F. The lowest BCUT2D eigenvalue weighted by Crippen LogP contribution is -2.22. The minimum Gasteiger partial charge on any atom is -0.276 e. The van der Waals surface area contributed by atoms with Gasteiger partial charge in [-0.1, -0.05) is 69.6 Å². The summed E-state index contributed by atoms with van der Waals surface area (Å²) in [7, 11) is 0. The number of hydroxylamine groups is 1. The van der Waals surface area contributed by atoms with E-state index >= 15 is 0 Å². The number of carbonyl (C=O) groups is 1. The van der Waals surface area contributed by atoms with Crippen LogP contribution in [0.2, 0.25) is 0 Å². The van der Waals surface area contributed by atoms with Crippen molar-refractivity contribution in [2.75, 3.05) is 11.7 Å². The lowest BCUT2D eigenvalue weighted by molar-refractivity contribution is -0.113. The molecule has 1 heterocycles. The molecule has 1 amide bonds. The number of amides is 1. The van der Waals surface area contributed by atoms with Gasteiger partial charge < -0.3 is 0 Å². The molecule has 0 aliphatic rings. The first-order valence-corrected chi connectivity index (χ1v) is 9.32. The molecule has 6 nitrogen and oxygen atoms in total. The number of carbonyl (C=O) groups excluding carboxylic acids is 1. The lowest BCUT2D eigenvalue weighted by Gasteiger charge is -2.18. The van der Waals surface area contributed by atoms with Crippen molar-refractivity contribution in [2.45, 2.75) is 14.5 Å². The number of hydrogen-bond acceptors (Lipinski definition) is 5. The van der Waals surface area contributed by atoms with Crippen LogP contribution in [0.1, 0.15) is 18.6 Å². The number of nitrogens with zero attached hydrogens (tertiary/aromatic N) is 4. The van der Waals surface area contributed by atoms with Crippen LogP contribution in [0.15, 0.2) is 18.2 Å². The summed E-state index contributed by atoms with van der Waals surface area (Å²) < 4.78 is 10.4. The zero-order valence-corrected chi connectivity index (χ0v) is 17.8. The van der Waals surface area contributed by atoms with Gasteiger partial charge in [-0.15, -0.1) is 0 Å². The third-order valence-electron chi connectivity index (χ3n) is 2.95. The number of rotatable bonds is 5. The predicted octanol–water partition coefficient (Wildman–Crippen LogP) is 5.25. The van der Waals surface area contributed by atoms with Gasteiger partial charge in [-0.05, 0) is 25.1 Å². The molecule has 0 N–H and O–H groups in total. The van der Waals surface area contributed by atoms with E-state index in [0.29, 0.717) is 6.41 Å². The van der Waals surface area contributed by atoms with E-state index in [4.69, 9.17) is 74.4 Å². The maximum Gasteiger partial charge on any atom is 0.250 e. The Bertz CT molecular complexity index is 811. The predicted molar refractivity (Wildman–Crippen MR) is 104 cm³/mol. The average molecular weight is 497 g/mol. The molecule has 0 aliphatic heterocycles. The van der Waals surface area contributed by atoms with Crippen LogP contribution in [0.25, 0.3) is 11.4 Å². The molecule has 1 aromatic heterocycles. The molecule has 0 unspecified atom stereocenters. The van der Waals surface area contributed by atoms with E-state index in [-0.39, 0.29) is 35.3 Å². The topological polar surface area (TPSA) is 68.2 Å². The maximum atomic E-state index is 14.5. The first-order valence-electron chi connectivity index (χ1n) is 7.05. The molecule has 0 saturated heterocycles. The third-order valence-corrected chi connectivity index (χ3v) is 3.96. The van der Waals surface area contributed by atoms with Gasteiger partial charge in [0.15, 0.2) is 17.5 Å². The molecule has 0 fully saturated rings. The van der Waals surface area contributed by atoms with Crippen molar-refractivity contribution in [1.29, 1.82) is 0 Å². The molecule has 2 aromatic rings. The van der Waals surface area contributed by atoms with E-state index in [1.807, 2.05) is 0 Å². The van der Waals surface area contributed by atoms with Crippen LogP contribution in [0.4, 0.5) is 10.1 Å². The van der Waals surface area contributed by atoms with E-state index in [1.165, 1.54) is 12.1 Å². The normalized spacial score (nSPS) is 12.1. The second-order valence-corrected chi connectivity index (χ2v) is 9.38. The second kappa shape index (κ2) is 8.78. The highest BCUT2D eigenvalue weighted by atomic mass is 35.6. The van der Waals surface area contributed by atoms with E-state index in [9.17, 15) is 9.18 Å². The maximum absolute atomic E-state index is 14.5. The van der Waals surface area contributed by atoms with E-state index in [1.54, 1.807) is 6.92 Å². The number of benzene rings is 1. The van der Waals surface area contributed by atoms with Crippen molar-refractivity contribution in [3.8, 4) is 11.4 Å². The van der Waals surface area contributed by atoms with Gasteiger partial charge in [-0.2, -0.15) is 5.06 Å². The summed E-state index contributed by atoms with van der Waals surface area (Å²) in [5.41, 5.74) is 0.0415. The Morgan fingerprint density at radius 3 is 2.04 bits per heavy atom. The van der Waals surface area contributed by atoms with Gasteiger partial charge in [-0.3, -0.25) is 9.63 Å². The summed E-state index contributed by atoms with van der Waals surface area (Å²) >= 11 is 34.8. The Hall–Kier alpha value is -0.670. The zero-order valence-electron chi connectivity index (χ0n) is 13.3. The number of aromatic nitrogens is 3. The fourth-order valence-corrected chi connectivity index (χ4v) is 2.39. The highest BCUT2D eigenvalue weighted by Gasteiger charge is 2.34. The van der Waals surface area contributed by atoms with E-state index in [2.05, 4.69) is 15.0 Å². The van der Waals surface area contributed by atoms with Gasteiger partial charge in [0, 0.05) is 5.56 Å². The molecule has 13 heteroatoms. The second-order valence-electron chi connectivity index (χ2n) is 4.82. The van der Waals surface area contributed by atoms with Crippen molar-refractivity contribution < 1.29 is 14.0 Å². The Morgan fingerprint density at radius 2 is 1.63 bits per heavy atom. The average Bonchev–Trinajstić information content (AvgIpc) is 2.58. The summed E-state index contributed by atoms with van der Waals surface area (Å²) in [4.78, 5) is 27.8. The Kier molecular flexibility index (Phi) is 7.35. The summed E-state index contributed by atoms with van der Waals surface area (Å²) in [5.74, 6) is -1.52. The van der Waals surface area contributed by atoms with E-state index in [0.717, 1.165) is 11.1 Å². The van der Waals surface area contributed by atoms with Crippen LogP contribution in [0, 0.1) is 5.82 Å². The standard InChI is InChI=1S/C14H9Cl6FN4O2/c1-2-27-25(6-26)9-4-3-7(5-8(9)21)10-22-11(13(15,16)17)24-12(23-10)14(18,19)20/h3-6H,2H2,1H3. The molecule has 0 bridgehead atoms. The molecule has 2 rings (SSSR count). The first kappa shape index (κ1) is 22.6. The van der Waals surface area contributed by atoms with Crippen molar-refractivity contribution in [1.82, 2.24) is 15.0 Å². The molecule has 27 heavy (non-hydrogen) atoms. The summed E-state index contributed by atoms with van der Waals surface area (Å²) in [6.45, 7) is 1.80. The molecular formula is C14H9Cl6FN4O2. The molecule has 146 valence electrons. The van der Waals surface area contributed by atoms with Crippen LogP contribution in [0.3, 0.4) is 0 Å². The fraction of sp³-hybridized carbons (Fsp3) is 0.286. The van der Waals surface area contributed by atoms with Crippen LogP contribution >= 0.6 is 69.6 Å². The van der Waals surface area contributed by atoms with E-state index < -0.39 is 13.4 Å². The number of alkyl halides is 6. The summed E-state index contributed by atoms with van der Waals surface area (Å²) in [6, 6.07) is 3.74. The number of hydrogen-bond donors (Lipinski definition) is 0. The molecular weight excluding hydrogens is 488 g/mol. The smallest absolute Gasteiger partial charge is 0.250 e. The lowest BCUT2D eigenvalue weighted by atomic mass is 10.2. The van der Waals surface area contributed by atoms with Crippen LogP contribution in [-0.4, -0.2) is 28.0 Å². The largest absolute Gasteiger partial charge is 0.276 e. The number of anilines is 1. The van der Waals surface area contributed by atoms with Crippen molar-refractivity contribution in [3.05, 3.63) is 35.7 Å². The minimum absolute atomic E-state index is 0.104. The van der Waals surface area contributed by atoms with Crippen molar-refractivity contribution in [3.63, 3.8) is 0 Å². The van der Waals surface area contributed by atoms with Gasteiger partial charge in [0.2, 0.25) is 14.0 Å². The van der Waals surface area contributed by atoms with Crippen LogP contribution < -0.4 is 5.06 Å². The fourth-order valence-electron chi connectivity index (χ4n) is 1.88. The first-order chi connectivity index (χ1) is 12.5. The van der Waals surface area contributed by atoms with Crippen LogP contribution in [-0.2, 0) is 17.2 Å². The van der Waals surface area contributed by atoms with Gasteiger partial charge in [-0.25, -0.2) is 19.3 Å². The molecule has 0 saturated carbocycles. The number of halogens is 7. The highest BCUT2D eigenvalue weighted by Crippen LogP contribution is 2.40. The monoisotopic (exact) mass is 494 g/mol. The third kappa shape index (κ3) is 5.67. The van der Waals surface area contributed by atoms with Gasteiger partial charge in [0.1, 0.15) is 11.5 Å². The van der Waals surface area contributed by atoms with Gasteiger partial charge >= 0.3 is 0 Å². The molecule has 1 aromatic carbocycles. The van der Waals surface area contributed by atoms with Gasteiger partial charge in [0.25, 0.3) is 0 Å². The Balaban J connectivity index is 2.57. The molecule has 0 radical (unpaired) electrons. The molecule has 0 atom stereocenters. The van der Waals surface area contributed by atoms with Gasteiger partial charge in [0.05, 0.1) is 6.61 Å². The zero-order chi connectivity index (χ0) is 20.4. The van der Waals surface area contributed by atoms with Crippen molar-refractivity contribution in [2.24, 2.45) is 0 Å². The Morgan fingerprint density at radius 1 is 1.07 bits per heavy atom. The highest BCUT2D eigenvalue weighted by molar-refractivity contribution is 6.67. The van der Waals surface area contributed by atoms with Crippen molar-refractivity contribution >= 4 is 81.7 Å². The summed E-state index contributed by atoms with van der Waals surface area (Å²) in [5, 5.41) is 0.742. The molecule has 0 aliphatic carbocycles. The van der Waals surface area contributed by atoms with Crippen LogP contribution in [0.5, 0.6) is 0 Å². The summed E-state index contributed by atoms with van der Waals surface area (Å²) in [6.07, 6.45) is 0.326.